The average molecular weight is 297 g/mol. The van der Waals surface area contributed by atoms with Crippen LogP contribution in [0.1, 0.15) is 19.8 Å². The fraction of sp³-hybridized carbons (Fsp3) is 0.462. The van der Waals surface area contributed by atoms with Gasteiger partial charge in [-0.3, -0.25) is 4.72 Å². The van der Waals surface area contributed by atoms with E-state index in [0.717, 1.165) is 30.5 Å². The van der Waals surface area contributed by atoms with Crippen molar-refractivity contribution in [2.24, 2.45) is 4.99 Å². The normalized spacial score (nSPS) is 15.8. The Morgan fingerprint density at radius 2 is 2.00 bits per heavy atom. The van der Waals surface area contributed by atoms with Crippen molar-refractivity contribution in [2.45, 2.75) is 25.8 Å². The summed E-state index contributed by atoms with van der Waals surface area (Å²) in [7, 11) is -3.35. The molecule has 110 valence electrons. The molecular formula is C13H19N3O3S. The van der Waals surface area contributed by atoms with E-state index >= 15 is 0 Å². The molecule has 0 bridgehead atoms. The third kappa shape index (κ3) is 5.08. The zero-order chi connectivity index (χ0) is 14.6. The van der Waals surface area contributed by atoms with Gasteiger partial charge >= 0.3 is 0 Å². The Hall–Kier alpha value is -1.76. The molecule has 2 N–H and O–H groups in total. The van der Waals surface area contributed by atoms with E-state index in [0.29, 0.717) is 6.61 Å². The molecule has 7 heteroatoms. The molecule has 0 atom stereocenters. The Balaban J connectivity index is 2.07. The van der Waals surface area contributed by atoms with E-state index in [-0.39, 0.29) is 12.0 Å². The van der Waals surface area contributed by atoms with Crippen LogP contribution in [0.25, 0.3) is 0 Å². The smallest absolute Gasteiger partial charge is 0.232 e. The average Bonchev–Trinajstić information content (AvgIpc) is 3.14. The number of aliphatic imine (C=N–C) groups is 1. The minimum Gasteiger partial charge on any atom is -0.494 e. The molecule has 0 heterocycles. The second-order valence-electron chi connectivity index (χ2n) is 4.67. The van der Waals surface area contributed by atoms with Gasteiger partial charge in [0.05, 0.1) is 18.9 Å². The predicted octanol–water partition coefficient (Wildman–Crippen LogP) is 1.56. The van der Waals surface area contributed by atoms with Crippen LogP contribution in [-0.2, 0) is 10.0 Å². The van der Waals surface area contributed by atoms with Crippen LogP contribution in [-0.4, -0.2) is 33.3 Å². The van der Waals surface area contributed by atoms with Gasteiger partial charge in [-0.2, -0.15) is 0 Å². The lowest BCUT2D eigenvalue weighted by Crippen LogP contribution is -2.35. The fourth-order valence-electron chi connectivity index (χ4n) is 1.58. The van der Waals surface area contributed by atoms with E-state index in [2.05, 4.69) is 15.0 Å². The Morgan fingerprint density at radius 3 is 2.50 bits per heavy atom. The highest BCUT2D eigenvalue weighted by Crippen LogP contribution is 2.24. The van der Waals surface area contributed by atoms with Gasteiger partial charge in [-0.25, -0.2) is 13.4 Å². The van der Waals surface area contributed by atoms with Gasteiger partial charge in [-0.05, 0) is 44.0 Å². The predicted molar refractivity (Wildman–Crippen MR) is 79.7 cm³/mol. The zero-order valence-corrected chi connectivity index (χ0v) is 12.4. The van der Waals surface area contributed by atoms with E-state index in [1.807, 2.05) is 31.2 Å². The minimum absolute atomic E-state index is 0.217. The van der Waals surface area contributed by atoms with Crippen LogP contribution in [0.5, 0.6) is 5.75 Å². The number of ether oxygens (including phenoxy) is 1. The van der Waals surface area contributed by atoms with E-state index < -0.39 is 10.0 Å². The maximum absolute atomic E-state index is 11.3. The summed E-state index contributed by atoms with van der Waals surface area (Å²) >= 11 is 0. The van der Waals surface area contributed by atoms with E-state index in [1.165, 1.54) is 0 Å². The monoisotopic (exact) mass is 297 g/mol. The summed E-state index contributed by atoms with van der Waals surface area (Å²) in [4.78, 5) is 4.31. The molecule has 1 aliphatic carbocycles. The molecule has 0 spiro atoms. The summed E-state index contributed by atoms with van der Waals surface area (Å²) in [5.41, 5.74) is 0.754. The second kappa shape index (κ2) is 6.13. The van der Waals surface area contributed by atoms with Crippen LogP contribution in [0.3, 0.4) is 0 Å². The van der Waals surface area contributed by atoms with Crippen molar-refractivity contribution >= 4 is 21.7 Å². The van der Waals surface area contributed by atoms with Gasteiger partial charge in [0, 0.05) is 5.69 Å². The number of hydrogen-bond acceptors (Lipinski definition) is 4. The van der Waals surface area contributed by atoms with Crippen LogP contribution in [0.15, 0.2) is 29.3 Å². The number of nitrogens with one attached hydrogen (secondary N) is 2. The Kier molecular flexibility index (Phi) is 4.49. The summed E-state index contributed by atoms with van der Waals surface area (Å²) in [5.74, 6) is 1.04. The van der Waals surface area contributed by atoms with Crippen molar-refractivity contribution < 1.29 is 13.2 Å². The molecule has 20 heavy (non-hydrogen) atoms. The third-order valence-corrected chi connectivity index (χ3v) is 3.13. The number of rotatable bonds is 5. The first kappa shape index (κ1) is 14.6. The summed E-state index contributed by atoms with van der Waals surface area (Å²) in [6, 6.07) is 7.49. The number of anilines is 1. The molecule has 1 aliphatic rings. The summed E-state index contributed by atoms with van der Waals surface area (Å²) in [6.45, 7) is 2.53. The van der Waals surface area contributed by atoms with Crippen molar-refractivity contribution in [3.63, 3.8) is 0 Å². The summed E-state index contributed by atoms with van der Waals surface area (Å²) < 4.78 is 30.4. The molecular weight excluding hydrogens is 278 g/mol. The molecule has 6 nitrogen and oxygen atoms in total. The maximum atomic E-state index is 11.3. The first-order valence-electron chi connectivity index (χ1n) is 6.52. The highest BCUT2D eigenvalue weighted by Gasteiger charge is 2.22. The van der Waals surface area contributed by atoms with Gasteiger partial charge in [0.15, 0.2) is 0 Å². The fourth-order valence-corrected chi connectivity index (χ4v) is 2.04. The Bertz CT molecular complexity index is 577. The standard InChI is InChI=1S/C13H19N3O3S/c1-3-19-12-8-6-11(7-9-12)15-13(14-10-4-5-10)16-20(2,17)18/h6-10H,3-5H2,1-2H3,(H2,14,15,16). The van der Waals surface area contributed by atoms with Crippen LogP contribution in [0.2, 0.25) is 0 Å². The van der Waals surface area contributed by atoms with Crippen LogP contribution in [0, 0.1) is 0 Å². The van der Waals surface area contributed by atoms with Gasteiger partial charge in [-0.1, -0.05) is 0 Å². The van der Waals surface area contributed by atoms with Gasteiger partial charge in [0.25, 0.3) is 0 Å². The third-order valence-electron chi connectivity index (χ3n) is 2.57. The molecule has 0 radical (unpaired) electrons. The number of benzene rings is 1. The molecule has 1 aromatic rings. The number of nitrogens with zero attached hydrogens (tertiary/aromatic N) is 1. The number of guanidine groups is 1. The quantitative estimate of drug-likeness (QED) is 0.638. The largest absolute Gasteiger partial charge is 0.494 e. The van der Waals surface area contributed by atoms with Gasteiger partial charge in [-0.15, -0.1) is 0 Å². The molecule has 1 saturated carbocycles. The number of sulfonamides is 1. The van der Waals surface area contributed by atoms with Crippen LogP contribution < -0.4 is 14.8 Å². The first-order chi connectivity index (χ1) is 9.46. The van der Waals surface area contributed by atoms with Gasteiger partial charge in [0.2, 0.25) is 16.0 Å². The van der Waals surface area contributed by atoms with Crippen LogP contribution >= 0.6 is 0 Å². The summed E-state index contributed by atoms with van der Waals surface area (Å²) in [6.07, 6.45) is 3.11. The molecule has 0 aliphatic heterocycles. The van der Waals surface area contributed by atoms with Crippen molar-refractivity contribution in [1.82, 2.24) is 4.72 Å². The van der Waals surface area contributed by atoms with E-state index in [4.69, 9.17) is 4.74 Å². The lowest BCUT2D eigenvalue weighted by Gasteiger charge is -2.11. The molecule has 0 unspecified atom stereocenters. The van der Waals surface area contributed by atoms with Gasteiger partial charge < -0.3 is 10.1 Å². The molecule has 1 aromatic carbocycles. The Labute approximate surface area is 119 Å². The molecule has 0 amide bonds. The van der Waals surface area contributed by atoms with Crippen molar-refractivity contribution in [2.75, 3.05) is 18.2 Å². The minimum atomic E-state index is -3.35. The van der Waals surface area contributed by atoms with Gasteiger partial charge in [0.1, 0.15) is 5.75 Å². The van der Waals surface area contributed by atoms with Crippen molar-refractivity contribution in [3.8, 4) is 5.75 Å². The van der Waals surface area contributed by atoms with Crippen molar-refractivity contribution in [1.29, 1.82) is 0 Å². The zero-order valence-electron chi connectivity index (χ0n) is 11.6. The van der Waals surface area contributed by atoms with E-state index in [9.17, 15) is 8.42 Å². The molecule has 0 aromatic heterocycles. The highest BCUT2D eigenvalue weighted by atomic mass is 32.2. The lowest BCUT2D eigenvalue weighted by molar-refractivity contribution is 0.340. The lowest BCUT2D eigenvalue weighted by atomic mass is 10.3. The molecule has 0 saturated heterocycles. The molecule has 2 rings (SSSR count). The second-order valence-corrected chi connectivity index (χ2v) is 6.41. The highest BCUT2D eigenvalue weighted by molar-refractivity contribution is 7.89. The van der Waals surface area contributed by atoms with E-state index in [1.54, 1.807) is 0 Å². The topological polar surface area (TPSA) is 79.8 Å². The maximum Gasteiger partial charge on any atom is 0.232 e. The first-order valence-corrected chi connectivity index (χ1v) is 8.41. The summed E-state index contributed by atoms with van der Waals surface area (Å²) in [5, 5.41) is 2.98. The Morgan fingerprint density at radius 1 is 1.35 bits per heavy atom. The SMILES string of the molecule is CCOc1ccc(NC(=NC2CC2)NS(C)(=O)=O)cc1. The molecule has 1 fully saturated rings. The number of hydrogen-bond donors (Lipinski definition) is 2. The van der Waals surface area contributed by atoms with Crippen LogP contribution in [0.4, 0.5) is 5.69 Å². The van der Waals surface area contributed by atoms with Crippen molar-refractivity contribution in [3.05, 3.63) is 24.3 Å².